The first-order chi connectivity index (χ1) is 11.4. The van der Waals surface area contributed by atoms with Gasteiger partial charge < -0.3 is 9.30 Å². The van der Waals surface area contributed by atoms with Gasteiger partial charge in [-0.3, -0.25) is 9.59 Å². The molecule has 0 atom stereocenters. The van der Waals surface area contributed by atoms with Crippen LogP contribution in [0.5, 0.6) is 5.75 Å². The fourth-order valence-corrected chi connectivity index (χ4v) is 3.56. The van der Waals surface area contributed by atoms with E-state index in [1.807, 2.05) is 6.92 Å². The average molecular weight is 394 g/mol. The van der Waals surface area contributed by atoms with Gasteiger partial charge in [0.15, 0.2) is 0 Å². The predicted molar refractivity (Wildman–Crippen MR) is 94.5 cm³/mol. The molecule has 2 aromatic heterocycles. The van der Waals surface area contributed by atoms with Gasteiger partial charge in [0, 0.05) is 25.4 Å². The van der Waals surface area contributed by atoms with Crippen LogP contribution in [0.1, 0.15) is 37.4 Å². The summed E-state index contributed by atoms with van der Waals surface area (Å²) in [5, 5.41) is 4.35. The number of hydrogen-bond donors (Lipinski definition) is 0. The quantitative estimate of drug-likeness (QED) is 0.803. The highest BCUT2D eigenvalue weighted by Crippen LogP contribution is 2.31. The van der Waals surface area contributed by atoms with E-state index >= 15 is 0 Å². The number of ether oxygens (including phenoxy) is 1. The molecule has 0 aliphatic heterocycles. The minimum atomic E-state index is -0.0996. The Labute approximate surface area is 148 Å². The Morgan fingerprint density at radius 2 is 1.88 bits per heavy atom. The molecule has 0 aromatic carbocycles. The van der Waals surface area contributed by atoms with E-state index in [4.69, 9.17) is 4.74 Å². The van der Waals surface area contributed by atoms with Crippen LogP contribution in [0, 0.1) is 6.92 Å². The summed E-state index contributed by atoms with van der Waals surface area (Å²) in [5.74, 6) is 0.576. The molecule has 6 nitrogen and oxygen atoms in total. The maximum absolute atomic E-state index is 12.0. The highest BCUT2D eigenvalue weighted by Gasteiger charge is 2.25. The van der Waals surface area contributed by atoms with Crippen molar-refractivity contribution in [1.82, 2.24) is 14.3 Å². The fraction of sp³-hybridized carbons (Fsp3) is 0.471. The lowest BCUT2D eigenvalue weighted by Gasteiger charge is -2.29. The molecule has 0 saturated heterocycles. The Bertz CT molecular complexity index is 851. The lowest BCUT2D eigenvalue weighted by atomic mass is 9.93. The van der Waals surface area contributed by atoms with Gasteiger partial charge in [-0.15, -0.1) is 0 Å². The molecule has 1 aliphatic carbocycles. The van der Waals surface area contributed by atoms with Gasteiger partial charge in [-0.25, -0.2) is 4.68 Å². The molecular formula is C17H20BrN3O3. The summed E-state index contributed by atoms with van der Waals surface area (Å²) in [5.41, 5.74) is 0.689. The SMILES string of the molecule is Cc1ccc(=O)n(C2CCC(Oc3cc(=O)n(C)cc3Br)CC2)n1. The third-order valence-electron chi connectivity index (χ3n) is 4.39. The second-order valence-corrected chi connectivity index (χ2v) is 7.10. The van der Waals surface area contributed by atoms with Crippen LogP contribution in [0.15, 0.2) is 38.5 Å². The standard InChI is InChI=1S/C17H20BrN3O3/c1-11-3-8-16(22)21(19-11)12-4-6-13(7-5-12)24-15-9-17(23)20(2)10-14(15)18/h3,8-10,12-13H,4-7H2,1-2H3. The molecule has 0 bridgehead atoms. The molecule has 1 saturated carbocycles. The zero-order valence-corrected chi connectivity index (χ0v) is 15.3. The molecule has 1 fully saturated rings. The highest BCUT2D eigenvalue weighted by atomic mass is 79.9. The van der Waals surface area contributed by atoms with Crippen molar-refractivity contribution in [2.75, 3.05) is 0 Å². The summed E-state index contributed by atoms with van der Waals surface area (Å²) in [6.45, 7) is 1.89. The summed E-state index contributed by atoms with van der Waals surface area (Å²) < 4.78 is 9.86. The largest absolute Gasteiger partial charge is 0.489 e. The van der Waals surface area contributed by atoms with Crippen LogP contribution < -0.4 is 15.9 Å². The van der Waals surface area contributed by atoms with E-state index in [9.17, 15) is 9.59 Å². The Morgan fingerprint density at radius 1 is 1.17 bits per heavy atom. The van der Waals surface area contributed by atoms with Crippen LogP contribution in [0.4, 0.5) is 0 Å². The first-order valence-corrected chi connectivity index (χ1v) is 8.82. The van der Waals surface area contributed by atoms with Crippen LogP contribution >= 0.6 is 15.9 Å². The molecule has 0 amide bonds. The van der Waals surface area contributed by atoms with Crippen LogP contribution in [0.2, 0.25) is 0 Å². The number of aromatic nitrogens is 3. The van der Waals surface area contributed by atoms with Crippen molar-refractivity contribution in [3.05, 3.63) is 55.3 Å². The third kappa shape index (κ3) is 3.61. The summed E-state index contributed by atoms with van der Waals surface area (Å²) >= 11 is 3.43. The molecular weight excluding hydrogens is 374 g/mol. The van der Waals surface area contributed by atoms with E-state index in [1.165, 1.54) is 10.6 Å². The lowest BCUT2D eigenvalue weighted by Crippen LogP contribution is -2.32. The third-order valence-corrected chi connectivity index (χ3v) is 4.98. The van der Waals surface area contributed by atoms with Gasteiger partial charge in [-0.1, -0.05) is 0 Å². The van der Waals surface area contributed by atoms with Crippen molar-refractivity contribution in [3.8, 4) is 5.75 Å². The molecule has 1 aliphatic rings. The monoisotopic (exact) mass is 393 g/mol. The Balaban J connectivity index is 1.67. The van der Waals surface area contributed by atoms with Crippen molar-refractivity contribution in [2.24, 2.45) is 7.05 Å². The zero-order chi connectivity index (χ0) is 17.3. The molecule has 128 valence electrons. The molecule has 24 heavy (non-hydrogen) atoms. The first kappa shape index (κ1) is 17.0. The zero-order valence-electron chi connectivity index (χ0n) is 13.7. The summed E-state index contributed by atoms with van der Waals surface area (Å²) in [4.78, 5) is 23.7. The molecule has 0 spiro atoms. The van der Waals surface area contributed by atoms with Crippen molar-refractivity contribution in [3.63, 3.8) is 0 Å². The normalized spacial score (nSPS) is 20.8. The number of rotatable bonds is 3. The van der Waals surface area contributed by atoms with Gasteiger partial charge in [0.05, 0.1) is 22.3 Å². The molecule has 3 rings (SSSR count). The highest BCUT2D eigenvalue weighted by molar-refractivity contribution is 9.10. The Morgan fingerprint density at radius 3 is 2.58 bits per heavy atom. The second-order valence-electron chi connectivity index (χ2n) is 6.24. The van der Waals surface area contributed by atoms with E-state index in [1.54, 1.807) is 30.1 Å². The maximum atomic E-state index is 12.0. The predicted octanol–water partition coefficient (Wildman–Crippen LogP) is 2.58. The van der Waals surface area contributed by atoms with Gasteiger partial charge in [-0.2, -0.15) is 5.10 Å². The van der Waals surface area contributed by atoms with Crippen molar-refractivity contribution in [1.29, 1.82) is 0 Å². The number of hydrogen-bond acceptors (Lipinski definition) is 4. The van der Waals surface area contributed by atoms with Crippen LogP contribution in [-0.4, -0.2) is 20.5 Å². The van der Waals surface area contributed by atoms with E-state index < -0.39 is 0 Å². The summed E-state index contributed by atoms with van der Waals surface area (Å²) in [6.07, 6.45) is 5.08. The lowest BCUT2D eigenvalue weighted by molar-refractivity contribution is 0.127. The van der Waals surface area contributed by atoms with Gasteiger partial charge in [0.1, 0.15) is 5.75 Å². The molecule has 2 aromatic rings. The molecule has 2 heterocycles. The van der Waals surface area contributed by atoms with Crippen LogP contribution in [-0.2, 0) is 7.05 Å². The number of nitrogens with zero attached hydrogens (tertiary/aromatic N) is 3. The Hall–Kier alpha value is -1.89. The van der Waals surface area contributed by atoms with E-state index in [0.29, 0.717) is 5.75 Å². The second kappa shape index (κ2) is 6.93. The minimum Gasteiger partial charge on any atom is -0.489 e. The summed E-state index contributed by atoms with van der Waals surface area (Å²) in [7, 11) is 1.70. The Kier molecular flexibility index (Phi) is 4.89. The van der Waals surface area contributed by atoms with Gasteiger partial charge in [0.2, 0.25) is 0 Å². The summed E-state index contributed by atoms with van der Waals surface area (Å²) in [6, 6.07) is 4.93. The topological polar surface area (TPSA) is 66.1 Å². The number of halogens is 1. The fourth-order valence-electron chi connectivity index (χ4n) is 3.04. The van der Waals surface area contributed by atoms with Crippen molar-refractivity contribution in [2.45, 2.75) is 44.8 Å². The molecule has 7 heteroatoms. The van der Waals surface area contributed by atoms with Gasteiger partial charge >= 0.3 is 0 Å². The van der Waals surface area contributed by atoms with Crippen LogP contribution in [0.25, 0.3) is 0 Å². The van der Waals surface area contributed by atoms with Gasteiger partial charge in [0.25, 0.3) is 11.1 Å². The average Bonchev–Trinajstić information content (AvgIpc) is 2.56. The smallest absolute Gasteiger partial charge is 0.267 e. The first-order valence-electron chi connectivity index (χ1n) is 8.03. The molecule has 0 radical (unpaired) electrons. The van der Waals surface area contributed by atoms with Crippen molar-refractivity contribution < 1.29 is 4.74 Å². The van der Waals surface area contributed by atoms with Crippen LogP contribution in [0.3, 0.4) is 0 Å². The number of pyridine rings is 1. The number of aryl methyl sites for hydroxylation is 2. The van der Waals surface area contributed by atoms with Crippen molar-refractivity contribution >= 4 is 15.9 Å². The molecule has 0 unspecified atom stereocenters. The van der Waals surface area contributed by atoms with Gasteiger partial charge in [-0.05, 0) is 54.6 Å². The van der Waals surface area contributed by atoms with E-state index in [2.05, 4.69) is 21.0 Å². The maximum Gasteiger partial charge on any atom is 0.267 e. The molecule has 0 N–H and O–H groups in total. The van der Waals surface area contributed by atoms with E-state index in [0.717, 1.165) is 35.8 Å². The van der Waals surface area contributed by atoms with E-state index in [-0.39, 0.29) is 23.3 Å². The minimum absolute atomic E-state index is 0.0465.